The average molecular weight is 504 g/mol. The second-order valence-electron chi connectivity index (χ2n) is 8.52. The molecular formula is C21H22F6N6O2. The van der Waals surface area contributed by atoms with Crippen molar-refractivity contribution in [1.29, 1.82) is 0 Å². The summed E-state index contributed by atoms with van der Waals surface area (Å²) in [5.41, 5.74) is -0.227. The minimum atomic E-state index is -4.68. The lowest BCUT2D eigenvalue weighted by molar-refractivity contribution is -0.148. The second-order valence-corrected chi connectivity index (χ2v) is 8.52. The molecule has 2 atom stereocenters. The molecule has 2 aliphatic rings. The number of benzene rings is 1. The molecule has 190 valence electrons. The van der Waals surface area contributed by atoms with Gasteiger partial charge in [0.2, 0.25) is 17.6 Å². The van der Waals surface area contributed by atoms with Crippen molar-refractivity contribution in [2.75, 3.05) is 13.1 Å². The Labute approximate surface area is 195 Å². The van der Waals surface area contributed by atoms with Gasteiger partial charge in [-0.3, -0.25) is 9.59 Å². The lowest BCUT2D eigenvalue weighted by atomic mass is 10.0. The topological polar surface area (TPSA) is 92.2 Å². The van der Waals surface area contributed by atoms with E-state index >= 15 is 0 Å². The van der Waals surface area contributed by atoms with Crippen LogP contribution in [0.25, 0.3) is 0 Å². The van der Waals surface area contributed by atoms with E-state index in [1.807, 2.05) is 0 Å². The minimum Gasteiger partial charge on any atom is -0.351 e. The standard InChI is InChI=1S/C21H22F6N6O2/c22-13-9-15(24)14(23)7-11(13)6-12(29-19(35)16-2-1-3-28-16)8-18(34)32-4-5-33-17(10-32)30-31-20(33)21(25,26)27/h7,9,12,16,28H,1-6,8,10H2,(H,29,35)/t12-,16?/m1/s1. The van der Waals surface area contributed by atoms with Gasteiger partial charge in [0, 0.05) is 31.6 Å². The summed E-state index contributed by atoms with van der Waals surface area (Å²) in [5, 5.41) is 12.4. The quantitative estimate of drug-likeness (QED) is 0.464. The minimum absolute atomic E-state index is 0.0423. The van der Waals surface area contributed by atoms with Crippen molar-refractivity contribution in [3.63, 3.8) is 0 Å². The Morgan fingerprint density at radius 2 is 1.86 bits per heavy atom. The first-order valence-electron chi connectivity index (χ1n) is 11.0. The predicted molar refractivity (Wildman–Crippen MR) is 108 cm³/mol. The van der Waals surface area contributed by atoms with E-state index in [0.29, 0.717) is 25.1 Å². The Bertz CT molecular complexity index is 1110. The predicted octanol–water partition coefficient (Wildman–Crippen LogP) is 1.93. The molecule has 2 N–H and O–H groups in total. The van der Waals surface area contributed by atoms with Crippen LogP contribution in [0.15, 0.2) is 12.1 Å². The Kier molecular flexibility index (Phi) is 7.01. The average Bonchev–Trinajstić information content (AvgIpc) is 3.46. The molecule has 2 aliphatic heterocycles. The van der Waals surface area contributed by atoms with Crippen LogP contribution in [0.3, 0.4) is 0 Å². The number of halogens is 6. The normalized spacial score (nSPS) is 18.9. The van der Waals surface area contributed by atoms with Gasteiger partial charge in [-0.25, -0.2) is 13.2 Å². The van der Waals surface area contributed by atoms with Gasteiger partial charge >= 0.3 is 6.18 Å². The molecule has 14 heteroatoms. The highest BCUT2D eigenvalue weighted by Crippen LogP contribution is 2.29. The summed E-state index contributed by atoms with van der Waals surface area (Å²) in [7, 11) is 0. The molecule has 0 radical (unpaired) electrons. The number of aromatic nitrogens is 3. The third-order valence-electron chi connectivity index (χ3n) is 6.06. The van der Waals surface area contributed by atoms with Crippen LogP contribution in [0.1, 0.15) is 36.5 Å². The maximum Gasteiger partial charge on any atom is 0.451 e. The zero-order valence-corrected chi connectivity index (χ0v) is 18.3. The fraction of sp³-hybridized carbons (Fsp3) is 0.524. The fourth-order valence-electron chi connectivity index (χ4n) is 4.29. The summed E-state index contributed by atoms with van der Waals surface area (Å²) in [4.78, 5) is 26.9. The number of nitrogens with one attached hydrogen (secondary N) is 2. The van der Waals surface area contributed by atoms with Gasteiger partial charge in [0.15, 0.2) is 17.5 Å². The highest BCUT2D eigenvalue weighted by molar-refractivity contribution is 5.83. The summed E-state index contributed by atoms with van der Waals surface area (Å²) < 4.78 is 81.3. The van der Waals surface area contributed by atoms with E-state index in [4.69, 9.17) is 0 Å². The lowest BCUT2D eigenvalue weighted by Crippen LogP contribution is -2.48. The van der Waals surface area contributed by atoms with Crippen LogP contribution in [0, 0.1) is 17.5 Å². The highest BCUT2D eigenvalue weighted by Gasteiger charge is 2.40. The zero-order chi connectivity index (χ0) is 25.3. The molecule has 3 heterocycles. The molecule has 1 aromatic carbocycles. The highest BCUT2D eigenvalue weighted by atomic mass is 19.4. The molecule has 0 saturated carbocycles. The summed E-state index contributed by atoms with van der Waals surface area (Å²) in [5.74, 6) is -5.81. The molecule has 2 amide bonds. The maximum atomic E-state index is 14.2. The largest absolute Gasteiger partial charge is 0.451 e. The number of carbonyl (C=O) groups excluding carboxylic acids is 2. The van der Waals surface area contributed by atoms with Crippen molar-refractivity contribution in [1.82, 2.24) is 30.3 Å². The summed E-state index contributed by atoms with van der Waals surface area (Å²) in [6.07, 6.45) is -3.98. The van der Waals surface area contributed by atoms with Gasteiger partial charge < -0.3 is 20.1 Å². The maximum absolute atomic E-state index is 14.2. The number of rotatable bonds is 6. The number of hydrogen-bond acceptors (Lipinski definition) is 5. The van der Waals surface area contributed by atoms with E-state index in [9.17, 15) is 35.9 Å². The van der Waals surface area contributed by atoms with E-state index in [1.54, 1.807) is 0 Å². The first-order valence-corrected chi connectivity index (χ1v) is 11.0. The lowest BCUT2D eigenvalue weighted by Gasteiger charge is -2.30. The van der Waals surface area contributed by atoms with Crippen LogP contribution < -0.4 is 10.6 Å². The second kappa shape index (κ2) is 9.84. The molecule has 2 aromatic rings. The van der Waals surface area contributed by atoms with E-state index in [2.05, 4.69) is 20.8 Å². The summed E-state index contributed by atoms with van der Waals surface area (Å²) in [6.45, 7) is 0.168. The van der Waals surface area contributed by atoms with Gasteiger partial charge in [-0.05, 0) is 37.4 Å². The molecule has 0 aliphatic carbocycles. The monoisotopic (exact) mass is 504 g/mol. The first kappa shape index (κ1) is 24.9. The van der Waals surface area contributed by atoms with Crippen molar-refractivity contribution in [2.45, 2.75) is 57.0 Å². The van der Waals surface area contributed by atoms with Crippen molar-refractivity contribution in [3.05, 3.63) is 46.8 Å². The number of nitrogens with zero attached hydrogens (tertiary/aromatic N) is 4. The number of carbonyl (C=O) groups is 2. The fourth-order valence-corrected chi connectivity index (χ4v) is 4.29. The number of alkyl halides is 3. The smallest absolute Gasteiger partial charge is 0.351 e. The van der Waals surface area contributed by atoms with Crippen LogP contribution in [0.4, 0.5) is 26.3 Å². The molecule has 0 bridgehead atoms. The van der Waals surface area contributed by atoms with E-state index < -0.39 is 53.4 Å². The first-order chi connectivity index (χ1) is 16.5. The van der Waals surface area contributed by atoms with E-state index in [-0.39, 0.29) is 43.9 Å². The van der Waals surface area contributed by atoms with E-state index in [1.165, 1.54) is 4.90 Å². The van der Waals surface area contributed by atoms with Crippen LogP contribution in [-0.4, -0.2) is 56.7 Å². The molecule has 8 nitrogen and oxygen atoms in total. The van der Waals surface area contributed by atoms with Crippen molar-refractivity contribution in [3.8, 4) is 0 Å². The van der Waals surface area contributed by atoms with Crippen molar-refractivity contribution < 1.29 is 35.9 Å². The summed E-state index contributed by atoms with van der Waals surface area (Å²) in [6, 6.07) is -0.414. The van der Waals surface area contributed by atoms with Crippen molar-refractivity contribution in [2.24, 2.45) is 0 Å². The molecule has 0 spiro atoms. The van der Waals surface area contributed by atoms with Crippen LogP contribution >= 0.6 is 0 Å². The van der Waals surface area contributed by atoms with Crippen LogP contribution in [-0.2, 0) is 35.3 Å². The van der Waals surface area contributed by atoms with Crippen LogP contribution in [0.2, 0.25) is 0 Å². The Balaban J connectivity index is 1.49. The van der Waals surface area contributed by atoms with E-state index in [0.717, 1.165) is 11.0 Å². The summed E-state index contributed by atoms with van der Waals surface area (Å²) >= 11 is 0. The molecule has 1 fully saturated rings. The van der Waals surface area contributed by atoms with Gasteiger partial charge in [0.25, 0.3) is 0 Å². The molecule has 1 saturated heterocycles. The Hall–Kier alpha value is -3.16. The van der Waals surface area contributed by atoms with Gasteiger partial charge in [-0.15, -0.1) is 10.2 Å². The third kappa shape index (κ3) is 5.57. The molecule has 4 rings (SSSR count). The third-order valence-corrected chi connectivity index (χ3v) is 6.06. The number of hydrogen-bond donors (Lipinski definition) is 2. The van der Waals surface area contributed by atoms with Crippen molar-refractivity contribution >= 4 is 11.8 Å². The number of amides is 2. The Morgan fingerprint density at radius 1 is 1.11 bits per heavy atom. The molecule has 35 heavy (non-hydrogen) atoms. The van der Waals surface area contributed by atoms with Gasteiger partial charge in [-0.1, -0.05) is 0 Å². The van der Waals surface area contributed by atoms with Gasteiger partial charge in [-0.2, -0.15) is 13.2 Å². The number of fused-ring (bicyclic) bond motifs is 1. The SMILES string of the molecule is O=C(N[C@@H](CC(=O)N1CCn2c(nnc2C(F)(F)F)C1)Cc1cc(F)c(F)cc1F)C1CCCN1. The zero-order valence-electron chi connectivity index (χ0n) is 18.3. The molecule has 1 aromatic heterocycles. The van der Waals surface area contributed by atoms with Gasteiger partial charge in [0.05, 0.1) is 12.6 Å². The Morgan fingerprint density at radius 3 is 2.54 bits per heavy atom. The van der Waals surface area contributed by atoms with Gasteiger partial charge in [0.1, 0.15) is 5.82 Å². The molecular weight excluding hydrogens is 482 g/mol. The molecule has 1 unspecified atom stereocenters. The van der Waals surface area contributed by atoms with Crippen LogP contribution in [0.5, 0.6) is 0 Å².